The van der Waals surface area contributed by atoms with Crippen molar-refractivity contribution in [2.75, 3.05) is 19.8 Å². The van der Waals surface area contributed by atoms with E-state index in [0.29, 0.717) is 19.4 Å². The third-order valence-electron chi connectivity index (χ3n) is 11.4. The highest BCUT2D eigenvalue weighted by atomic mass is 16.6. The first-order valence-electron chi connectivity index (χ1n) is 26.2. The summed E-state index contributed by atoms with van der Waals surface area (Å²) < 4.78 is 17.4. The van der Waals surface area contributed by atoms with Gasteiger partial charge in [-0.25, -0.2) is 0 Å². The van der Waals surface area contributed by atoms with E-state index in [1.165, 1.54) is 161 Å². The molecular weight excluding hydrogens is 741 g/mol. The van der Waals surface area contributed by atoms with Crippen LogP contribution in [-0.4, -0.2) is 37.9 Å². The summed E-state index contributed by atoms with van der Waals surface area (Å²) in [5.74, 6) is -0.370. The van der Waals surface area contributed by atoms with Crippen LogP contribution in [0.2, 0.25) is 0 Å². The monoisotopic (exact) mass is 841 g/mol. The minimum atomic E-state index is -0.412. The molecule has 0 saturated heterocycles. The summed E-state index contributed by atoms with van der Waals surface area (Å²) >= 11 is 0. The van der Waals surface area contributed by atoms with Crippen molar-refractivity contribution < 1.29 is 23.8 Å². The molecule has 0 fully saturated rings. The standard InChI is InChI=1S/C55H100O5/c1-4-7-10-13-16-19-22-25-27-29-32-35-38-41-44-47-50-58-53(51-59-54(56)48-45-42-39-36-33-30-24-21-18-15-12-9-6-3)52-60-55(57)49-46-43-40-37-34-31-28-26-23-20-17-14-11-8-5-2/h8,11,17,20,26,28,34,37,53H,4-7,9-10,12-16,18-19,21-25,27,29-33,35-36,38-52H2,1-3H3/b11-8-,20-17-,28-26-,37-34-/t53-/m0/s1. The lowest BCUT2D eigenvalue weighted by Crippen LogP contribution is -2.29. The summed E-state index contributed by atoms with van der Waals surface area (Å²) in [4.78, 5) is 25.2. The molecule has 0 aliphatic heterocycles. The van der Waals surface area contributed by atoms with Crippen LogP contribution >= 0.6 is 0 Å². The fourth-order valence-corrected chi connectivity index (χ4v) is 7.48. The average Bonchev–Trinajstić information content (AvgIpc) is 3.25. The molecule has 0 saturated carbocycles. The van der Waals surface area contributed by atoms with Crippen LogP contribution in [0.5, 0.6) is 0 Å². The number of hydrogen-bond acceptors (Lipinski definition) is 5. The zero-order valence-corrected chi connectivity index (χ0v) is 40.2. The van der Waals surface area contributed by atoms with E-state index in [-0.39, 0.29) is 25.2 Å². The van der Waals surface area contributed by atoms with E-state index in [1.807, 2.05) is 0 Å². The summed E-state index contributed by atoms with van der Waals surface area (Å²) in [6.45, 7) is 7.61. The summed E-state index contributed by atoms with van der Waals surface area (Å²) in [6.07, 6.45) is 62.8. The normalized spacial score (nSPS) is 12.5. The molecule has 1 atom stereocenters. The molecule has 0 rings (SSSR count). The first-order chi connectivity index (χ1) is 29.6. The Hall–Kier alpha value is -2.14. The highest BCUT2D eigenvalue weighted by Gasteiger charge is 2.16. The maximum absolute atomic E-state index is 12.6. The Labute approximate surface area is 373 Å². The van der Waals surface area contributed by atoms with Crippen LogP contribution in [0.4, 0.5) is 0 Å². The SMILES string of the molecule is CC/C=C\C/C=C\C/C=C\C/C=C\CCCCC(=O)OC[C@H](COC(=O)CCCCCCCCCCCCCCC)OCCCCCCCCCCCCCCCCCC. The summed E-state index contributed by atoms with van der Waals surface area (Å²) in [5, 5.41) is 0. The molecule has 0 aromatic heterocycles. The lowest BCUT2D eigenvalue weighted by molar-refractivity contribution is -0.155. The predicted octanol–water partition coefficient (Wildman–Crippen LogP) is 17.6. The average molecular weight is 841 g/mol. The van der Waals surface area contributed by atoms with Crippen molar-refractivity contribution in [2.24, 2.45) is 0 Å². The second-order valence-corrected chi connectivity index (χ2v) is 17.4. The number of unbranched alkanes of at least 4 members (excludes halogenated alkanes) is 29. The van der Waals surface area contributed by atoms with Crippen LogP contribution in [-0.2, 0) is 23.8 Å². The maximum atomic E-state index is 12.6. The van der Waals surface area contributed by atoms with Crippen LogP contribution in [0.3, 0.4) is 0 Å². The van der Waals surface area contributed by atoms with Crippen LogP contribution in [0.25, 0.3) is 0 Å². The Kier molecular flexibility index (Phi) is 49.4. The van der Waals surface area contributed by atoms with E-state index in [0.717, 1.165) is 70.6 Å². The van der Waals surface area contributed by atoms with Crippen LogP contribution < -0.4 is 0 Å². The van der Waals surface area contributed by atoms with Crippen molar-refractivity contribution in [3.8, 4) is 0 Å². The van der Waals surface area contributed by atoms with Crippen molar-refractivity contribution in [1.29, 1.82) is 0 Å². The second kappa shape index (κ2) is 51.2. The van der Waals surface area contributed by atoms with Gasteiger partial charge in [0.15, 0.2) is 0 Å². The highest BCUT2D eigenvalue weighted by Crippen LogP contribution is 2.16. The number of carbonyl (C=O) groups is 2. The van der Waals surface area contributed by atoms with Crippen LogP contribution in [0.15, 0.2) is 48.6 Å². The summed E-state index contributed by atoms with van der Waals surface area (Å²) in [5.41, 5.74) is 0. The van der Waals surface area contributed by atoms with Gasteiger partial charge in [-0.05, 0) is 57.8 Å². The smallest absolute Gasteiger partial charge is 0.305 e. The molecule has 5 nitrogen and oxygen atoms in total. The van der Waals surface area contributed by atoms with Crippen molar-refractivity contribution in [3.63, 3.8) is 0 Å². The lowest BCUT2D eigenvalue weighted by Gasteiger charge is -2.18. The van der Waals surface area contributed by atoms with Crippen molar-refractivity contribution in [1.82, 2.24) is 0 Å². The second-order valence-electron chi connectivity index (χ2n) is 17.4. The maximum Gasteiger partial charge on any atom is 0.305 e. The van der Waals surface area contributed by atoms with E-state index in [2.05, 4.69) is 69.4 Å². The van der Waals surface area contributed by atoms with E-state index in [1.54, 1.807) is 0 Å². The van der Waals surface area contributed by atoms with Gasteiger partial charge in [0, 0.05) is 19.4 Å². The Morgan fingerprint density at radius 3 is 1.07 bits per heavy atom. The fraction of sp³-hybridized carbons (Fsp3) is 0.818. The van der Waals surface area contributed by atoms with Gasteiger partial charge in [-0.15, -0.1) is 0 Å². The van der Waals surface area contributed by atoms with E-state index in [4.69, 9.17) is 14.2 Å². The molecule has 0 aliphatic rings. The largest absolute Gasteiger partial charge is 0.463 e. The lowest BCUT2D eigenvalue weighted by atomic mass is 10.0. The third kappa shape index (κ3) is 48.5. The molecule has 0 N–H and O–H groups in total. The number of esters is 2. The fourth-order valence-electron chi connectivity index (χ4n) is 7.48. The van der Waals surface area contributed by atoms with Gasteiger partial charge in [0.1, 0.15) is 19.3 Å². The molecule has 0 aromatic rings. The number of hydrogen-bond donors (Lipinski definition) is 0. The predicted molar refractivity (Wildman–Crippen MR) is 261 cm³/mol. The quantitative estimate of drug-likeness (QED) is 0.0347. The van der Waals surface area contributed by atoms with E-state index >= 15 is 0 Å². The first kappa shape index (κ1) is 57.9. The zero-order valence-electron chi connectivity index (χ0n) is 40.2. The van der Waals surface area contributed by atoms with Crippen molar-refractivity contribution >= 4 is 11.9 Å². The molecule has 0 aliphatic carbocycles. The van der Waals surface area contributed by atoms with Gasteiger partial charge in [0.05, 0.1) is 0 Å². The van der Waals surface area contributed by atoms with Gasteiger partial charge >= 0.3 is 11.9 Å². The highest BCUT2D eigenvalue weighted by molar-refractivity contribution is 5.69. The molecule has 0 radical (unpaired) electrons. The molecule has 0 heterocycles. The van der Waals surface area contributed by atoms with E-state index < -0.39 is 6.10 Å². The summed E-state index contributed by atoms with van der Waals surface area (Å²) in [6, 6.07) is 0. The van der Waals surface area contributed by atoms with Crippen LogP contribution in [0.1, 0.15) is 265 Å². The molecular formula is C55H100O5. The van der Waals surface area contributed by atoms with Gasteiger partial charge in [0.2, 0.25) is 0 Å². The van der Waals surface area contributed by atoms with Gasteiger partial charge < -0.3 is 14.2 Å². The number of ether oxygens (including phenoxy) is 3. The molecule has 0 amide bonds. The minimum Gasteiger partial charge on any atom is -0.463 e. The van der Waals surface area contributed by atoms with Gasteiger partial charge in [-0.1, -0.05) is 243 Å². The van der Waals surface area contributed by atoms with Crippen LogP contribution in [0, 0.1) is 0 Å². The topological polar surface area (TPSA) is 61.8 Å². The number of allylic oxidation sites excluding steroid dienone is 8. The van der Waals surface area contributed by atoms with Gasteiger partial charge in [-0.2, -0.15) is 0 Å². The Balaban J connectivity index is 4.29. The molecule has 0 spiro atoms. The Bertz CT molecular complexity index is 997. The third-order valence-corrected chi connectivity index (χ3v) is 11.4. The number of carbonyl (C=O) groups excluding carboxylic acids is 2. The number of rotatable bonds is 48. The zero-order chi connectivity index (χ0) is 43.5. The molecule has 350 valence electrons. The molecule has 0 aromatic carbocycles. The van der Waals surface area contributed by atoms with Crippen molar-refractivity contribution in [3.05, 3.63) is 48.6 Å². The Morgan fingerprint density at radius 2 is 0.683 bits per heavy atom. The van der Waals surface area contributed by atoms with Gasteiger partial charge in [0.25, 0.3) is 0 Å². The Morgan fingerprint density at radius 1 is 0.367 bits per heavy atom. The molecule has 0 bridgehead atoms. The molecule has 5 heteroatoms. The van der Waals surface area contributed by atoms with Crippen molar-refractivity contribution in [2.45, 2.75) is 271 Å². The molecule has 0 unspecified atom stereocenters. The van der Waals surface area contributed by atoms with E-state index in [9.17, 15) is 9.59 Å². The molecule has 60 heavy (non-hydrogen) atoms. The minimum absolute atomic E-state index is 0.139. The van der Waals surface area contributed by atoms with Gasteiger partial charge in [-0.3, -0.25) is 9.59 Å². The first-order valence-corrected chi connectivity index (χ1v) is 26.2. The summed E-state index contributed by atoms with van der Waals surface area (Å²) in [7, 11) is 0.